The van der Waals surface area contributed by atoms with Gasteiger partial charge in [-0.1, -0.05) is 12.1 Å². The summed E-state index contributed by atoms with van der Waals surface area (Å²) in [5.74, 6) is 0. The molecule has 2 heterocycles. The van der Waals surface area contributed by atoms with Gasteiger partial charge in [0.15, 0.2) is 0 Å². The molecule has 1 radical (unpaired) electrons. The predicted octanol–water partition coefficient (Wildman–Crippen LogP) is 1.76. The van der Waals surface area contributed by atoms with Crippen LogP contribution in [0.4, 0.5) is 0 Å². The summed E-state index contributed by atoms with van der Waals surface area (Å²) >= 11 is 0. The van der Waals surface area contributed by atoms with Gasteiger partial charge in [0.1, 0.15) is 0 Å². The van der Waals surface area contributed by atoms with Gasteiger partial charge in [-0.2, -0.15) is 0 Å². The Labute approximate surface area is 89.2 Å². The largest absolute Gasteiger partial charge is 0.255 e. The van der Waals surface area contributed by atoms with Gasteiger partial charge >= 0.3 is 0 Å². The van der Waals surface area contributed by atoms with Gasteiger partial charge in [0.05, 0.1) is 11.4 Å². The van der Waals surface area contributed by atoms with Crippen molar-refractivity contribution in [1.82, 2.24) is 9.97 Å². The average molecular weight is 163 g/mol. The Morgan fingerprint density at radius 1 is 0.692 bits per heavy atom. The minimum atomic E-state index is 0. The fourth-order valence-corrected chi connectivity index (χ4v) is 1.03. The Morgan fingerprint density at radius 3 is 1.46 bits per heavy atom. The second-order valence-electron chi connectivity index (χ2n) is 2.43. The van der Waals surface area contributed by atoms with Crippen molar-refractivity contribution in [2.24, 2.45) is 0 Å². The maximum Gasteiger partial charge on any atom is 0.0886 e. The van der Waals surface area contributed by atoms with E-state index in [-0.39, 0.29) is 18.9 Å². The molecule has 0 atom stereocenters. The standard InChI is InChI=1S/C10H8N2.Li/c1-3-7-11-9(5-1)10-6-2-4-8-12-10;/h1-8H;. The number of nitrogens with zero attached hydrogens (tertiary/aromatic N) is 2. The van der Waals surface area contributed by atoms with E-state index in [0.717, 1.165) is 11.4 Å². The fraction of sp³-hybridized carbons (Fsp3) is 0. The van der Waals surface area contributed by atoms with E-state index >= 15 is 0 Å². The third-order valence-electron chi connectivity index (χ3n) is 1.59. The van der Waals surface area contributed by atoms with E-state index in [1.807, 2.05) is 36.4 Å². The molecule has 0 saturated carbocycles. The van der Waals surface area contributed by atoms with Crippen LogP contribution in [0.25, 0.3) is 11.4 Å². The SMILES string of the molecule is [Li].c1ccc(-c2ccccn2)nc1. The number of rotatable bonds is 1. The summed E-state index contributed by atoms with van der Waals surface area (Å²) < 4.78 is 0. The second-order valence-corrected chi connectivity index (χ2v) is 2.43. The molecule has 0 bridgehead atoms. The first-order valence-corrected chi connectivity index (χ1v) is 3.79. The Balaban J connectivity index is 0.000000845. The fourth-order valence-electron chi connectivity index (χ4n) is 1.03. The van der Waals surface area contributed by atoms with Crippen molar-refractivity contribution in [3.05, 3.63) is 48.8 Å². The zero-order valence-electron chi connectivity index (χ0n) is 7.51. The third kappa shape index (κ3) is 2.42. The van der Waals surface area contributed by atoms with Crippen LogP contribution in [0.2, 0.25) is 0 Å². The molecule has 3 heteroatoms. The van der Waals surface area contributed by atoms with Crippen molar-refractivity contribution < 1.29 is 0 Å². The number of aromatic nitrogens is 2. The van der Waals surface area contributed by atoms with Crippen molar-refractivity contribution in [3.8, 4) is 11.4 Å². The maximum atomic E-state index is 4.19. The van der Waals surface area contributed by atoms with Crippen LogP contribution < -0.4 is 0 Å². The Morgan fingerprint density at radius 2 is 1.15 bits per heavy atom. The van der Waals surface area contributed by atoms with E-state index in [1.54, 1.807) is 12.4 Å². The maximum absolute atomic E-state index is 4.19. The predicted molar refractivity (Wildman–Crippen MR) is 53.2 cm³/mol. The molecule has 2 rings (SSSR count). The van der Waals surface area contributed by atoms with Gasteiger partial charge < -0.3 is 0 Å². The van der Waals surface area contributed by atoms with Crippen LogP contribution in [-0.4, -0.2) is 28.8 Å². The number of hydrogen-bond donors (Lipinski definition) is 0. The molecule has 0 aliphatic carbocycles. The summed E-state index contributed by atoms with van der Waals surface area (Å²) in [7, 11) is 0. The van der Waals surface area contributed by atoms with Crippen LogP contribution in [0.15, 0.2) is 48.8 Å². The molecule has 59 valence electrons. The molecular weight excluding hydrogens is 155 g/mol. The van der Waals surface area contributed by atoms with E-state index < -0.39 is 0 Å². The molecule has 2 aromatic rings. The smallest absolute Gasteiger partial charge is 0.0886 e. The third-order valence-corrected chi connectivity index (χ3v) is 1.59. The first-order valence-electron chi connectivity index (χ1n) is 3.79. The second kappa shape index (κ2) is 4.81. The zero-order valence-corrected chi connectivity index (χ0v) is 7.51. The Hall–Kier alpha value is -1.10. The summed E-state index contributed by atoms with van der Waals surface area (Å²) in [6.07, 6.45) is 3.54. The van der Waals surface area contributed by atoms with Crippen LogP contribution >= 0.6 is 0 Å². The minimum Gasteiger partial charge on any atom is -0.255 e. The van der Waals surface area contributed by atoms with Gasteiger partial charge in [-0.15, -0.1) is 0 Å². The van der Waals surface area contributed by atoms with Gasteiger partial charge in [0.25, 0.3) is 0 Å². The van der Waals surface area contributed by atoms with Crippen LogP contribution in [0.1, 0.15) is 0 Å². The molecule has 0 aliphatic rings. The molecule has 13 heavy (non-hydrogen) atoms. The van der Waals surface area contributed by atoms with E-state index in [2.05, 4.69) is 9.97 Å². The number of pyridine rings is 2. The van der Waals surface area contributed by atoms with Gasteiger partial charge in [0.2, 0.25) is 0 Å². The van der Waals surface area contributed by atoms with Crippen molar-refractivity contribution in [3.63, 3.8) is 0 Å². The quantitative estimate of drug-likeness (QED) is 0.598. The Bertz CT molecular complexity index is 310. The van der Waals surface area contributed by atoms with Gasteiger partial charge in [0, 0.05) is 31.3 Å². The van der Waals surface area contributed by atoms with Crippen molar-refractivity contribution in [2.45, 2.75) is 0 Å². The van der Waals surface area contributed by atoms with E-state index in [1.165, 1.54) is 0 Å². The first kappa shape index (κ1) is 9.98. The zero-order chi connectivity index (χ0) is 8.23. The van der Waals surface area contributed by atoms with Crippen LogP contribution in [0.5, 0.6) is 0 Å². The van der Waals surface area contributed by atoms with E-state index in [4.69, 9.17) is 0 Å². The van der Waals surface area contributed by atoms with E-state index in [9.17, 15) is 0 Å². The van der Waals surface area contributed by atoms with Gasteiger partial charge in [-0.05, 0) is 24.3 Å². The molecule has 0 unspecified atom stereocenters. The molecule has 0 saturated heterocycles. The number of hydrogen-bond acceptors (Lipinski definition) is 2. The molecule has 0 spiro atoms. The first-order chi connectivity index (χ1) is 5.97. The van der Waals surface area contributed by atoms with Crippen LogP contribution in [-0.2, 0) is 0 Å². The monoisotopic (exact) mass is 163 g/mol. The molecule has 0 amide bonds. The van der Waals surface area contributed by atoms with Gasteiger partial charge in [-0.25, -0.2) is 0 Å². The molecule has 0 N–H and O–H groups in total. The van der Waals surface area contributed by atoms with Crippen molar-refractivity contribution >= 4 is 18.9 Å². The Kier molecular flexibility index (Phi) is 3.69. The van der Waals surface area contributed by atoms with E-state index in [0.29, 0.717) is 0 Å². The summed E-state index contributed by atoms with van der Waals surface area (Å²) in [4.78, 5) is 8.37. The molecule has 2 aromatic heterocycles. The molecule has 0 fully saturated rings. The summed E-state index contributed by atoms with van der Waals surface area (Å²) in [5.41, 5.74) is 1.83. The van der Waals surface area contributed by atoms with Crippen LogP contribution in [0, 0.1) is 0 Å². The topological polar surface area (TPSA) is 25.8 Å². The van der Waals surface area contributed by atoms with Crippen molar-refractivity contribution in [2.75, 3.05) is 0 Å². The minimum absolute atomic E-state index is 0. The molecule has 0 aliphatic heterocycles. The normalized spacial score (nSPS) is 8.92. The average Bonchev–Trinajstić information content (AvgIpc) is 2.21. The molecular formula is C10H8LiN2. The molecule has 2 nitrogen and oxygen atoms in total. The van der Waals surface area contributed by atoms with Crippen molar-refractivity contribution in [1.29, 1.82) is 0 Å². The summed E-state index contributed by atoms with van der Waals surface area (Å²) in [5, 5.41) is 0. The summed E-state index contributed by atoms with van der Waals surface area (Å²) in [6.45, 7) is 0. The van der Waals surface area contributed by atoms with Crippen LogP contribution in [0.3, 0.4) is 0 Å². The molecule has 0 aromatic carbocycles. The summed E-state index contributed by atoms with van der Waals surface area (Å²) in [6, 6.07) is 11.6. The van der Waals surface area contributed by atoms with Gasteiger partial charge in [-0.3, -0.25) is 9.97 Å².